The van der Waals surface area contributed by atoms with Crippen LogP contribution in [0, 0.1) is 5.92 Å². The Balaban J connectivity index is 2.03. The molecule has 3 aliphatic rings. The zero-order chi connectivity index (χ0) is 16.4. The summed E-state index contributed by atoms with van der Waals surface area (Å²) in [5.41, 5.74) is -0.528. The van der Waals surface area contributed by atoms with Gasteiger partial charge in [-0.15, -0.1) is 0 Å². The van der Waals surface area contributed by atoms with E-state index >= 15 is 0 Å². The molecule has 0 aromatic carbocycles. The molecule has 11 heteroatoms. The van der Waals surface area contributed by atoms with Gasteiger partial charge in [0.15, 0.2) is 11.5 Å². The summed E-state index contributed by atoms with van der Waals surface area (Å²) in [6.07, 6.45) is -0.552. The lowest BCUT2D eigenvalue weighted by atomic mass is 9.82. The number of allylic oxidation sites excluding steroid dienone is 1. The Morgan fingerprint density at radius 2 is 1.95 bits per heavy atom. The molecule has 120 valence electrons. The van der Waals surface area contributed by atoms with Gasteiger partial charge < -0.3 is 14.4 Å². The maximum Gasteiger partial charge on any atom is 0.408 e. The van der Waals surface area contributed by atoms with E-state index < -0.39 is 51.8 Å². The van der Waals surface area contributed by atoms with Gasteiger partial charge in [0.2, 0.25) is 0 Å². The van der Waals surface area contributed by atoms with Crippen LogP contribution >= 0.6 is 0 Å². The van der Waals surface area contributed by atoms with E-state index in [9.17, 15) is 27.9 Å². The summed E-state index contributed by atoms with van der Waals surface area (Å²) in [4.78, 5) is 36.5. The van der Waals surface area contributed by atoms with E-state index in [-0.39, 0.29) is 18.7 Å². The van der Waals surface area contributed by atoms with Crippen molar-refractivity contribution in [3.63, 3.8) is 0 Å². The quantitative estimate of drug-likeness (QED) is 0.487. The van der Waals surface area contributed by atoms with E-state index in [1.54, 1.807) is 0 Å². The second-order valence-corrected chi connectivity index (χ2v) is 6.98. The number of hydrogen-bond donors (Lipinski definition) is 2. The summed E-state index contributed by atoms with van der Waals surface area (Å²) in [7, 11) is -3.96. The summed E-state index contributed by atoms with van der Waals surface area (Å²) in [6, 6.07) is -1.49. The molecule has 3 heterocycles. The summed E-state index contributed by atoms with van der Waals surface area (Å²) in [6.45, 7) is 0.0242. The number of likely N-dealkylation sites (tertiary alicyclic amines) is 1. The normalized spacial score (nSPS) is 30.0. The first-order chi connectivity index (χ1) is 10.1. The number of rotatable bonds is 3. The van der Waals surface area contributed by atoms with Crippen LogP contribution in [0.4, 0.5) is 4.79 Å². The van der Waals surface area contributed by atoms with Crippen LogP contribution in [0.15, 0.2) is 11.5 Å². The average Bonchev–Trinajstić information content (AvgIpc) is 2.71. The molecule has 3 aliphatic heterocycles. The molecule has 0 bridgehead atoms. The highest BCUT2D eigenvalue weighted by Gasteiger charge is 2.64. The fourth-order valence-electron chi connectivity index (χ4n) is 3.34. The van der Waals surface area contributed by atoms with Crippen molar-refractivity contribution in [2.45, 2.75) is 18.5 Å². The van der Waals surface area contributed by atoms with Crippen LogP contribution in [0.25, 0.3) is 0 Å². The Kier molecular flexibility index (Phi) is 2.89. The van der Waals surface area contributed by atoms with Gasteiger partial charge >= 0.3 is 22.2 Å². The molecule has 2 amide bonds. The van der Waals surface area contributed by atoms with Crippen LogP contribution in [0.1, 0.15) is 6.42 Å². The summed E-state index contributed by atoms with van der Waals surface area (Å²) in [5, 5.41) is 18.4. The van der Waals surface area contributed by atoms with Crippen molar-refractivity contribution in [1.29, 1.82) is 0 Å². The molecule has 0 spiro atoms. The van der Waals surface area contributed by atoms with Gasteiger partial charge in [0.25, 0.3) is 5.91 Å². The van der Waals surface area contributed by atoms with Gasteiger partial charge in [-0.05, 0) is 0 Å². The molecular formula is C11H12N2O8S. The fraction of sp³-hybridized carbons (Fsp3) is 0.545. The lowest BCUT2D eigenvalue weighted by molar-refractivity contribution is -0.156. The molecule has 3 atom stereocenters. The largest absolute Gasteiger partial charge is 0.476 e. The molecular weight excluding hydrogens is 320 g/mol. The van der Waals surface area contributed by atoms with E-state index in [4.69, 9.17) is 9.29 Å². The predicted octanol–water partition coefficient (Wildman–Crippen LogP) is -1.15. The van der Waals surface area contributed by atoms with Crippen LogP contribution in [0.2, 0.25) is 0 Å². The zero-order valence-electron chi connectivity index (χ0n) is 11.3. The van der Waals surface area contributed by atoms with Crippen molar-refractivity contribution in [3.05, 3.63) is 11.5 Å². The number of carbonyl (C=O) groups excluding carboxylic acids is 1. The molecule has 0 unspecified atom stereocenters. The minimum absolute atomic E-state index is 0.0242. The Bertz CT molecular complexity index is 726. The molecule has 0 aromatic rings. The highest BCUT2D eigenvalue weighted by molar-refractivity contribution is 7.86. The molecule has 3 rings (SSSR count). The van der Waals surface area contributed by atoms with E-state index in [0.29, 0.717) is 0 Å². The Morgan fingerprint density at radius 1 is 1.32 bits per heavy atom. The van der Waals surface area contributed by atoms with E-state index in [1.165, 1.54) is 0 Å². The third-order valence-corrected chi connectivity index (χ3v) is 4.52. The Morgan fingerprint density at radius 3 is 2.45 bits per heavy atom. The molecule has 0 aliphatic carbocycles. The third kappa shape index (κ3) is 1.92. The third-order valence-electron chi connectivity index (χ3n) is 4.01. The Labute approximate surface area is 124 Å². The molecule has 0 radical (unpaired) electrons. The van der Waals surface area contributed by atoms with Crippen molar-refractivity contribution in [2.24, 2.45) is 5.92 Å². The van der Waals surface area contributed by atoms with Gasteiger partial charge in [-0.25, -0.2) is 9.59 Å². The second-order valence-electron chi connectivity index (χ2n) is 5.41. The van der Waals surface area contributed by atoms with Crippen LogP contribution in [-0.2, 0) is 23.9 Å². The number of carboxylic acid groups (broad SMARTS) is 2. The smallest absolute Gasteiger partial charge is 0.408 e. The first kappa shape index (κ1) is 14.6. The van der Waals surface area contributed by atoms with Gasteiger partial charge in [0.1, 0.15) is 6.04 Å². The SMILES string of the molecule is CS(=O)(=O)OC1=C(C(=O)O)N2C(=O)[C@@H]3[C@H]2[C@H](C1)CN3C(=O)O. The van der Waals surface area contributed by atoms with E-state index in [2.05, 4.69) is 0 Å². The zero-order valence-corrected chi connectivity index (χ0v) is 12.1. The number of aliphatic carboxylic acids is 1. The van der Waals surface area contributed by atoms with Gasteiger partial charge in [0, 0.05) is 18.9 Å². The van der Waals surface area contributed by atoms with Crippen LogP contribution in [-0.4, -0.2) is 71.3 Å². The summed E-state index contributed by atoms with van der Waals surface area (Å²) < 4.78 is 27.3. The molecule has 10 nitrogen and oxygen atoms in total. The minimum atomic E-state index is -3.96. The van der Waals surface area contributed by atoms with Crippen molar-refractivity contribution in [2.75, 3.05) is 12.8 Å². The van der Waals surface area contributed by atoms with Crippen LogP contribution in [0.5, 0.6) is 0 Å². The standard InChI is InChI=1S/C11H12N2O8S/c1-22(19,20)21-5-2-4-3-12(11(17)18)8-6(4)13(9(8)14)7(5)10(15)16/h4,6,8H,2-3H2,1H3,(H,15,16)(H,17,18)/t4-,6-,8+/m1/s1. The highest BCUT2D eigenvalue weighted by Crippen LogP contribution is 2.47. The average molecular weight is 332 g/mol. The number of amides is 2. The summed E-state index contributed by atoms with van der Waals surface area (Å²) in [5.74, 6) is -2.90. The minimum Gasteiger partial charge on any atom is -0.476 e. The first-order valence-electron chi connectivity index (χ1n) is 6.30. The van der Waals surface area contributed by atoms with Crippen LogP contribution in [0.3, 0.4) is 0 Å². The van der Waals surface area contributed by atoms with Crippen LogP contribution < -0.4 is 0 Å². The van der Waals surface area contributed by atoms with Gasteiger partial charge in [-0.1, -0.05) is 0 Å². The number of nitrogens with zero attached hydrogens (tertiary/aromatic N) is 2. The van der Waals surface area contributed by atoms with E-state index in [1.807, 2.05) is 0 Å². The predicted molar refractivity (Wildman–Crippen MR) is 67.9 cm³/mol. The molecule has 0 saturated carbocycles. The monoisotopic (exact) mass is 332 g/mol. The van der Waals surface area contributed by atoms with Crippen molar-refractivity contribution < 1.29 is 37.2 Å². The van der Waals surface area contributed by atoms with Gasteiger partial charge in [0.05, 0.1) is 12.3 Å². The van der Waals surface area contributed by atoms with Crippen molar-refractivity contribution in [3.8, 4) is 0 Å². The lowest BCUT2D eigenvalue weighted by Gasteiger charge is -2.48. The molecule has 2 saturated heterocycles. The number of β-lactam (4-membered cyclic amide) rings is 1. The lowest BCUT2D eigenvalue weighted by Crippen LogP contribution is -2.69. The topological polar surface area (TPSA) is 142 Å². The Hall–Kier alpha value is -2.30. The second kappa shape index (κ2) is 4.35. The number of carboxylic acids is 1. The number of carbonyl (C=O) groups is 3. The van der Waals surface area contributed by atoms with Crippen molar-refractivity contribution >= 4 is 28.1 Å². The highest BCUT2D eigenvalue weighted by atomic mass is 32.2. The maximum absolute atomic E-state index is 12.1. The molecule has 2 N–H and O–H groups in total. The summed E-state index contributed by atoms with van der Waals surface area (Å²) >= 11 is 0. The molecule has 0 aromatic heterocycles. The molecule has 22 heavy (non-hydrogen) atoms. The van der Waals surface area contributed by atoms with Crippen molar-refractivity contribution in [1.82, 2.24) is 9.80 Å². The number of hydrogen-bond acceptors (Lipinski definition) is 6. The maximum atomic E-state index is 12.1. The van der Waals surface area contributed by atoms with Gasteiger partial charge in [-0.3, -0.25) is 14.6 Å². The van der Waals surface area contributed by atoms with E-state index in [0.717, 1.165) is 16.1 Å². The fourth-order valence-corrected chi connectivity index (χ4v) is 3.86. The molecule has 2 fully saturated rings. The first-order valence-corrected chi connectivity index (χ1v) is 8.12. The van der Waals surface area contributed by atoms with Gasteiger partial charge in [-0.2, -0.15) is 8.42 Å².